The van der Waals surface area contributed by atoms with Crippen LogP contribution in [0, 0.1) is 6.92 Å². The molecule has 1 aromatic rings. The first-order chi connectivity index (χ1) is 8.56. The number of rotatable bonds is 3. The molecule has 2 rings (SSSR count). The lowest BCUT2D eigenvalue weighted by molar-refractivity contribution is 0.291. The molecule has 1 aliphatic heterocycles. The Morgan fingerprint density at radius 3 is 2.67 bits per heavy atom. The normalized spacial score (nSPS) is 16.9. The number of pyridine rings is 1. The summed E-state index contributed by atoms with van der Waals surface area (Å²) in [6, 6.07) is 2.10. The van der Waals surface area contributed by atoms with Gasteiger partial charge < -0.3 is 10.6 Å². The van der Waals surface area contributed by atoms with Crippen LogP contribution in [-0.2, 0) is 0 Å². The molecule has 0 spiro atoms. The number of thiocarbonyl (C=S) groups is 1. The first-order valence-electron chi connectivity index (χ1n) is 5.94. The van der Waals surface area contributed by atoms with Gasteiger partial charge in [0.25, 0.3) is 0 Å². The number of aryl methyl sites for hydroxylation is 1. The van der Waals surface area contributed by atoms with Crippen molar-refractivity contribution in [2.24, 2.45) is 5.73 Å². The Hall–Kier alpha value is -0.720. The third-order valence-electron chi connectivity index (χ3n) is 3.07. The first-order valence-corrected chi connectivity index (χ1v) is 7.14. The van der Waals surface area contributed by atoms with Crippen molar-refractivity contribution in [2.75, 3.05) is 37.6 Å². The third-order valence-corrected chi connectivity index (χ3v) is 3.63. The van der Waals surface area contributed by atoms with Crippen molar-refractivity contribution in [1.82, 2.24) is 9.88 Å². The van der Waals surface area contributed by atoms with E-state index in [1.165, 1.54) is 5.56 Å². The molecule has 0 bridgehead atoms. The van der Waals surface area contributed by atoms with Gasteiger partial charge in [-0.25, -0.2) is 4.98 Å². The van der Waals surface area contributed by atoms with Crippen molar-refractivity contribution in [3.63, 3.8) is 0 Å². The van der Waals surface area contributed by atoms with E-state index in [-0.39, 0.29) is 0 Å². The molecule has 2 N–H and O–H groups in total. The molecule has 18 heavy (non-hydrogen) atoms. The maximum absolute atomic E-state index is 5.57. The van der Waals surface area contributed by atoms with E-state index in [0.29, 0.717) is 4.99 Å². The SMILES string of the molecule is Cc1cc(Br)cnc1N1CCN(CC(N)=S)CC1. The summed E-state index contributed by atoms with van der Waals surface area (Å²) >= 11 is 8.38. The highest BCUT2D eigenvalue weighted by Crippen LogP contribution is 2.21. The zero-order valence-corrected chi connectivity index (χ0v) is 12.8. The largest absolute Gasteiger partial charge is 0.392 e. The van der Waals surface area contributed by atoms with Crippen molar-refractivity contribution in [1.29, 1.82) is 0 Å². The van der Waals surface area contributed by atoms with E-state index in [2.05, 4.69) is 43.7 Å². The van der Waals surface area contributed by atoms with Gasteiger partial charge in [-0.2, -0.15) is 0 Å². The quantitative estimate of drug-likeness (QED) is 0.853. The van der Waals surface area contributed by atoms with Crippen LogP contribution in [0.5, 0.6) is 0 Å². The van der Waals surface area contributed by atoms with E-state index < -0.39 is 0 Å². The van der Waals surface area contributed by atoms with Gasteiger partial charge in [0.1, 0.15) is 5.82 Å². The Bertz CT molecular complexity index is 444. The number of piperazine rings is 1. The van der Waals surface area contributed by atoms with E-state index >= 15 is 0 Å². The summed E-state index contributed by atoms with van der Waals surface area (Å²) in [6.07, 6.45) is 1.85. The minimum atomic E-state index is 0.571. The molecular formula is C12H17BrN4S. The molecule has 98 valence electrons. The van der Waals surface area contributed by atoms with Crippen LogP contribution >= 0.6 is 28.1 Å². The average molecular weight is 329 g/mol. The van der Waals surface area contributed by atoms with Gasteiger partial charge in [0, 0.05) is 43.4 Å². The number of aromatic nitrogens is 1. The number of anilines is 1. The van der Waals surface area contributed by atoms with Crippen molar-refractivity contribution < 1.29 is 0 Å². The molecule has 1 fully saturated rings. The molecule has 4 nitrogen and oxygen atoms in total. The minimum absolute atomic E-state index is 0.571. The van der Waals surface area contributed by atoms with E-state index in [0.717, 1.165) is 43.0 Å². The Labute approximate surface area is 121 Å². The number of hydrogen-bond donors (Lipinski definition) is 1. The molecule has 1 aromatic heterocycles. The molecule has 6 heteroatoms. The lowest BCUT2D eigenvalue weighted by atomic mass is 10.2. The average Bonchev–Trinajstić information content (AvgIpc) is 2.30. The van der Waals surface area contributed by atoms with Gasteiger partial charge in [-0.3, -0.25) is 4.90 Å². The van der Waals surface area contributed by atoms with Gasteiger partial charge in [-0.15, -0.1) is 0 Å². The lowest BCUT2D eigenvalue weighted by Gasteiger charge is -2.35. The number of nitrogens with zero attached hydrogens (tertiary/aromatic N) is 3. The van der Waals surface area contributed by atoms with Crippen LogP contribution in [0.4, 0.5) is 5.82 Å². The molecule has 2 heterocycles. The van der Waals surface area contributed by atoms with Crippen LogP contribution in [0.1, 0.15) is 5.56 Å². The summed E-state index contributed by atoms with van der Waals surface area (Å²) in [6.45, 7) is 6.71. The first kappa shape index (κ1) is 13.7. The maximum atomic E-state index is 5.57. The third kappa shape index (κ3) is 3.40. The second-order valence-corrected chi connectivity index (χ2v) is 5.96. The summed E-state index contributed by atoms with van der Waals surface area (Å²) in [4.78, 5) is 9.67. The van der Waals surface area contributed by atoms with Crippen LogP contribution in [0.3, 0.4) is 0 Å². The van der Waals surface area contributed by atoms with E-state index in [9.17, 15) is 0 Å². The molecule has 0 aliphatic carbocycles. The maximum Gasteiger partial charge on any atom is 0.131 e. The van der Waals surface area contributed by atoms with Gasteiger partial charge in [0.05, 0.1) is 4.99 Å². The molecule has 0 amide bonds. The smallest absolute Gasteiger partial charge is 0.131 e. The molecule has 0 radical (unpaired) electrons. The highest BCUT2D eigenvalue weighted by Gasteiger charge is 2.19. The van der Waals surface area contributed by atoms with E-state index in [4.69, 9.17) is 18.0 Å². The van der Waals surface area contributed by atoms with Gasteiger partial charge >= 0.3 is 0 Å². The van der Waals surface area contributed by atoms with Crippen LogP contribution in [-0.4, -0.2) is 47.6 Å². The summed E-state index contributed by atoms with van der Waals surface area (Å²) in [7, 11) is 0. The molecule has 1 aliphatic rings. The molecule has 0 atom stereocenters. The van der Waals surface area contributed by atoms with Crippen LogP contribution in [0.2, 0.25) is 0 Å². The van der Waals surface area contributed by atoms with Gasteiger partial charge in [0.2, 0.25) is 0 Å². The van der Waals surface area contributed by atoms with Crippen molar-refractivity contribution in [3.8, 4) is 0 Å². The molecule has 0 aromatic carbocycles. The Morgan fingerprint density at radius 1 is 1.44 bits per heavy atom. The monoisotopic (exact) mass is 328 g/mol. The molecule has 0 unspecified atom stereocenters. The van der Waals surface area contributed by atoms with Gasteiger partial charge in [-0.1, -0.05) is 12.2 Å². The minimum Gasteiger partial charge on any atom is -0.392 e. The highest BCUT2D eigenvalue weighted by atomic mass is 79.9. The second-order valence-electron chi connectivity index (χ2n) is 4.52. The van der Waals surface area contributed by atoms with Crippen molar-refractivity contribution in [3.05, 3.63) is 22.3 Å². The van der Waals surface area contributed by atoms with Gasteiger partial charge in [0.15, 0.2) is 0 Å². The highest BCUT2D eigenvalue weighted by molar-refractivity contribution is 9.10. The standard InChI is InChI=1S/C12H17BrN4S/c1-9-6-10(13)7-15-12(9)17-4-2-16(3-5-17)8-11(14)18/h6-7H,2-5,8H2,1H3,(H2,14,18). The van der Waals surface area contributed by atoms with Crippen molar-refractivity contribution >= 4 is 39.0 Å². The predicted octanol–water partition coefficient (Wildman–Crippen LogP) is 1.56. The van der Waals surface area contributed by atoms with Crippen LogP contribution in [0.15, 0.2) is 16.7 Å². The number of halogens is 1. The zero-order valence-electron chi connectivity index (χ0n) is 10.4. The zero-order chi connectivity index (χ0) is 13.1. The topological polar surface area (TPSA) is 45.4 Å². The molecular weight excluding hydrogens is 312 g/mol. The van der Waals surface area contributed by atoms with E-state index in [1.54, 1.807) is 0 Å². The predicted molar refractivity (Wildman–Crippen MR) is 82.1 cm³/mol. The molecule has 0 saturated carbocycles. The van der Waals surface area contributed by atoms with E-state index in [1.807, 2.05) is 6.20 Å². The van der Waals surface area contributed by atoms with Crippen LogP contribution in [0.25, 0.3) is 0 Å². The Balaban J connectivity index is 1.99. The Morgan fingerprint density at radius 2 is 2.11 bits per heavy atom. The number of hydrogen-bond acceptors (Lipinski definition) is 4. The summed E-state index contributed by atoms with van der Waals surface area (Å²) in [5.41, 5.74) is 6.77. The summed E-state index contributed by atoms with van der Waals surface area (Å²) in [5.74, 6) is 1.08. The fraction of sp³-hybridized carbons (Fsp3) is 0.500. The number of nitrogens with two attached hydrogens (primary N) is 1. The fourth-order valence-electron chi connectivity index (χ4n) is 2.20. The summed E-state index contributed by atoms with van der Waals surface area (Å²) in [5, 5.41) is 0. The summed E-state index contributed by atoms with van der Waals surface area (Å²) < 4.78 is 1.02. The fourth-order valence-corrected chi connectivity index (χ4v) is 2.83. The van der Waals surface area contributed by atoms with Gasteiger partial charge in [-0.05, 0) is 34.5 Å². The van der Waals surface area contributed by atoms with Crippen LogP contribution < -0.4 is 10.6 Å². The van der Waals surface area contributed by atoms with Crippen molar-refractivity contribution in [2.45, 2.75) is 6.92 Å². The lowest BCUT2D eigenvalue weighted by Crippen LogP contribution is -2.49. The molecule has 1 saturated heterocycles. The Kier molecular flexibility index (Phi) is 4.53. The second kappa shape index (κ2) is 5.95.